The van der Waals surface area contributed by atoms with E-state index in [9.17, 15) is 14.7 Å². The van der Waals surface area contributed by atoms with Crippen molar-refractivity contribution in [2.24, 2.45) is 0 Å². The Labute approximate surface area is 147 Å². The molecule has 3 rings (SSSR count). The molecule has 2 N–H and O–H groups in total. The number of rotatable bonds is 5. The lowest BCUT2D eigenvalue weighted by Crippen LogP contribution is -2.43. The highest BCUT2D eigenvalue weighted by Crippen LogP contribution is 2.23. The Balaban J connectivity index is 1.71. The van der Waals surface area contributed by atoms with Crippen molar-refractivity contribution >= 4 is 11.9 Å². The monoisotopic (exact) mass is 350 g/mol. The van der Waals surface area contributed by atoms with Crippen LogP contribution in [0.25, 0.3) is 0 Å². The molecule has 0 aliphatic carbocycles. The number of aromatic carboxylic acids is 1. The second-order valence-corrected chi connectivity index (χ2v) is 6.78. The van der Waals surface area contributed by atoms with Crippen molar-refractivity contribution in [3.05, 3.63) is 17.0 Å². The first-order valence-corrected chi connectivity index (χ1v) is 9.03. The Hall–Kier alpha value is -1.93. The molecule has 25 heavy (non-hydrogen) atoms. The third-order valence-corrected chi connectivity index (χ3v) is 5.06. The zero-order valence-corrected chi connectivity index (χ0v) is 14.5. The van der Waals surface area contributed by atoms with Crippen LogP contribution in [0.15, 0.2) is 0 Å². The van der Waals surface area contributed by atoms with E-state index in [-0.39, 0.29) is 31.3 Å². The van der Waals surface area contributed by atoms with Gasteiger partial charge in [-0.1, -0.05) is 12.8 Å². The van der Waals surface area contributed by atoms with E-state index in [1.54, 1.807) is 9.58 Å². The van der Waals surface area contributed by atoms with Gasteiger partial charge in [-0.25, -0.2) is 4.79 Å². The first-order chi connectivity index (χ1) is 12.1. The van der Waals surface area contributed by atoms with Gasteiger partial charge in [0.2, 0.25) is 5.91 Å². The number of carboxylic acid groups (broad SMARTS) is 1. The predicted octanol–water partition coefficient (Wildman–Crippen LogP) is 0.334. The largest absolute Gasteiger partial charge is 0.476 e. The molecule has 0 saturated carbocycles. The van der Waals surface area contributed by atoms with Gasteiger partial charge in [-0.05, 0) is 25.9 Å². The van der Waals surface area contributed by atoms with Crippen LogP contribution in [0.2, 0.25) is 0 Å². The molecule has 3 heterocycles. The van der Waals surface area contributed by atoms with Crippen molar-refractivity contribution in [2.75, 3.05) is 32.8 Å². The van der Waals surface area contributed by atoms with Crippen LogP contribution in [0.5, 0.6) is 0 Å². The van der Waals surface area contributed by atoms with Gasteiger partial charge in [-0.2, -0.15) is 5.10 Å². The molecule has 1 fully saturated rings. The summed E-state index contributed by atoms with van der Waals surface area (Å²) in [5.74, 6) is -1.03. The lowest BCUT2D eigenvalue weighted by molar-refractivity contribution is -0.133. The fourth-order valence-electron chi connectivity index (χ4n) is 3.74. The van der Waals surface area contributed by atoms with E-state index < -0.39 is 5.97 Å². The van der Waals surface area contributed by atoms with Gasteiger partial charge in [0.1, 0.15) is 0 Å². The first-order valence-electron chi connectivity index (χ1n) is 9.03. The third kappa shape index (κ3) is 4.01. The minimum Gasteiger partial charge on any atom is -0.476 e. The molecule has 0 unspecified atom stereocenters. The quantitative estimate of drug-likeness (QED) is 0.794. The maximum atomic E-state index is 12.7. The molecule has 2 aliphatic rings. The van der Waals surface area contributed by atoms with Gasteiger partial charge in [0, 0.05) is 30.8 Å². The predicted molar refractivity (Wildman–Crippen MR) is 90.3 cm³/mol. The zero-order chi connectivity index (χ0) is 17.8. The molecular formula is C17H26N4O4. The van der Waals surface area contributed by atoms with Gasteiger partial charge < -0.3 is 15.1 Å². The van der Waals surface area contributed by atoms with Crippen LogP contribution in [-0.4, -0.2) is 74.5 Å². The van der Waals surface area contributed by atoms with Crippen LogP contribution in [-0.2, 0) is 24.3 Å². The molecule has 8 heteroatoms. The number of likely N-dealkylation sites (tertiary alicyclic amines) is 1. The number of carbonyl (C=O) groups excluding carboxylic acids is 1. The normalized spacial score (nSPS) is 18.7. The van der Waals surface area contributed by atoms with Crippen LogP contribution in [0.3, 0.4) is 0 Å². The Morgan fingerprint density at radius 1 is 1.08 bits per heavy atom. The Kier molecular flexibility index (Phi) is 5.70. The fraction of sp³-hybridized carbons (Fsp3) is 0.706. The van der Waals surface area contributed by atoms with Crippen molar-refractivity contribution in [3.63, 3.8) is 0 Å². The van der Waals surface area contributed by atoms with Crippen molar-refractivity contribution < 1.29 is 19.8 Å². The van der Waals surface area contributed by atoms with Gasteiger partial charge >= 0.3 is 5.97 Å². The number of hydrogen-bond donors (Lipinski definition) is 2. The number of aromatic nitrogens is 2. The number of amides is 1. The molecule has 1 amide bonds. The topological polar surface area (TPSA) is 98.9 Å². The zero-order valence-electron chi connectivity index (χ0n) is 14.5. The third-order valence-electron chi connectivity index (χ3n) is 5.06. The first kappa shape index (κ1) is 17.9. The summed E-state index contributed by atoms with van der Waals surface area (Å²) >= 11 is 0. The van der Waals surface area contributed by atoms with Crippen molar-refractivity contribution in [1.29, 1.82) is 0 Å². The highest BCUT2D eigenvalue weighted by Gasteiger charge is 2.30. The van der Waals surface area contributed by atoms with Crippen molar-refractivity contribution in [3.8, 4) is 0 Å². The molecule has 1 aromatic heterocycles. The average Bonchev–Trinajstić information content (AvgIpc) is 2.77. The number of carboxylic acids is 1. The number of aliphatic hydroxyl groups excluding tert-OH is 1. The molecule has 2 aliphatic heterocycles. The summed E-state index contributed by atoms with van der Waals surface area (Å²) in [6, 6.07) is 0. The number of hydrogen-bond acceptors (Lipinski definition) is 5. The summed E-state index contributed by atoms with van der Waals surface area (Å²) in [5.41, 5.74) is 1.43. The van der Waals surface area contributed by atoms with E-state index in [2.05, 4.69) is 10.00 Å². The standard InChI is InChI=1S/C17H26N4O4/c22-10-9-21-14-5-8-20(11-13(14)16(18-21)17(24)25)15(23)12-19-6-3-1-2-4-7-19/h22H,1-12H2,(H,24,25). The summed E-state index contributed by atoms with van der Waals surface area (Å²) in [6.07, 6.45) is 5.29. The van der Waals surface area contributed by atoms with Crippen LogP contribution in [0.1, 0.15) is 47.4 Å². The van der Waals surface area contributed by atoms with Gasteiger partial charge in [0.25, 0.3) is 0 Å². The fourth-order valence-corrected chi connectivity index (χ4v) is 3.74. The van der Waals surface area contributed by atoms with Crippen molar-refractivity contribution in [2.45, 2.75) is 45.2 Å². The Morgan fingerprint density at radius 2 is 1.80 bits per heavy atom. The molecule has 0 atom stereocenters. The van der Waals surface area contributed by atoms with Crippen LogP contribution < -0.4 is 0 Å². The molecule has 0 bridgehead atoms. The molecule has 1 saturated heterocycles. The highest BCUT2D eigenvalue weighted by molar-refractivity contribution is 5.88. The lowest BCUT2D eigenvalue weighted by Gasteiger charge is -2.30. The molecule has 138 valence electrons. The van der Waals surface area contributed by atoms with Crippen LogP contribution in [0.4, 0.5) is 0 Å². The van der Waals surface area contributed by atoms with Crippen molar-refractivity contribution in [1.82, 2.24) is 19.6 Å². The maximum Gasteiger partial charge on any atom is 0.356 e. The molecule has 0 aromatic carbocycles. The molecule has 0 spiro atoms. The minimum atomic E-state index is -1.09. The smallest absolute Gasteiger partial charge is 0.356 e. The van der Waals surface area contributed by atoms with Crippen LogP contribution in [0, 0.1) is 0 Å². The SMILES string of the molecule is O=C(O)c1nn(CCO)c2c1CN(C(=O)CN1CCCCCC1)CC2. The molecule has 1 aromatic rings. The Bertz CT molecular complexity index is 635. The van der Waals surface area contributed by atoms with Gasteiger partial charge in [0.15, 0.2) is 5.69 Å². The molecule has 8 nitrogen and oxygen atoms in total. The number of aliphatic hydroxyl groups is 1. The summed E-state index contributed by atoms with van der Waals surface area (Å²) in [5, 5.41) is 22.6. The highest BCUT2D eigenvalue weighted by atomic mass is 16.4. The van der Waals surface area contributed by atoms with E-state index in [0.29, 0.717) is 25.1 Å². The molecular weight excluding hydrogens is 324 g/mol. The summed E-state index contributed by atoms with van der Waals surface area (Å²) in [4.78, 5) is 28.1. The van der Waals surface area contributed by atoms with E-state index in [4.69, 9.17) is 5.11 Å². The van der Waals surface area contributed by atoms with E-state index in [1.807, 2.05) is 0 Å². The summed E-state index contributed by atoms with van der Waals surface area (Å²) in [7, 11) is 0. The van der Waals surface area contributed by atoms with Gasteiger partial charge in [-0.15, -0.1) is 0 Å². The second-order valence-electron chi connectivity index (χ2n) is 6.78. The summed E-state index contributed by atoms with van der Waals surface area (Å²) in [6.45, 7) is 3.36. The number of carbonyl (C=O) groups is 2. The van der Waals surface area contributed by atoms with Gasteiger partial charge in [-0.3, -0.25) is 14.4 Å². The number of fused-ring (bicyclic) bond motifs is 1. The number of nitrogens with zero attached hydrogens (tertiary/aromatic N) is 4. The van der Waals surface area contributed by atoms with E-state index in [0.717, 1.165) is 31.6 Å². The average molecular weight is 350 g/mol. The summed E-state index contributed by atoms with van der Waals surface area (Å²) < 4.78 is 1.56. The second kappa shape index (κ2) is 7.97. The van der Waals surface area contributed by atoms with Gasteiger partial charge in [0.05, 0.1) is 19.7 Å². The van der Waals surface area contributed by atoms with Crippen LogP contribution >= 0.6 is 0 Å². The van der Waals surface area contributed by atoms with E-state index >= 15 is 0 Å². The Morgan fingerprint density at radius 3 is 2.44 bits per heavy atom. The minimum absolute atomic E-state index is 0.00396. The molecule has 0 radical (unpaired) electrons. The maximum absolute atomic E-state index is 12.7. The van der Waals surface area contributed by atoms with E-state index in [1.165, 1.54) is 12.8 Å². The lowest BCUT2D eigenvalue weighted by atomic mass is 10.0.